The summed E-state index contributed by atoms with van der Waals surface area (Å²) in [5.41, 5.74) is 4.63. The SMILES string of the molecule is CC(=O)C(Cc1ccccc1-c1nc2ccccc2o1)c1ccccc1. The topological polar surface area (TPSA) is 43.1 Å². The van der Waals surface area contributed by atoms with Gasteiger partial charge in [0, 0.05) is 11.5 Å². The van der Waals surface area contributed by atoms with E-state index in [0.29, 0.717) is 12.3 Å². The highest BCUT2D eigenvalue weighted by Crippen LogP contribution is 2.31. The van der Waals surface area contributed by atoms with Crippen LogP contribution in [0.2, 0.25) is 0 Å². The molecule has 4 rings (SSSR count). The summed E-state index contributed by atoms with van der Waals surface area (Å²) in [7, 11) is 0. The van der Waals surface area contributed by atoms with Crippen molar-refractivity contribution in [2.24, 2.45) is 0 Å². The van der Waals surface area contributed by atoms with Gasteiger partial charge >= 0.3 is 0 Å². The first kappa shape index (κ1) is 16.3. The Kier molecular flexibility index (Phi) is 4.36. The number of Topliss-reactive ketones (excluding diaryl/α,β-unsaturated/α-hetero) is 1. The minimum atomic E-state index is -0.179. The van der Waals surface area contributed by atoms with E-state index in [4.69, 9.17) is 4.42 Å². The normalized spacial score (nSPS) is 12.2. The quantitative estimate of drug-likeness (QED) is 0.487. The van der Waals surface area contributed by atoms with Crippen molar-refractivity contribution in [2.45, 2.75) is 19.3 Å². The van der Waals surface area contributed by atoms with E-state index in [-0.39, 0.29) is 11.7 Å². The van der Waals surface area contributed by atoms with Crippen molar-refractivity contribution in [2.75, 3.05) is 0 Å². The number of hydrogen-bond acceptors (Lipinski definition) is 3. The Morgan fingerprint density at radius 1 is 0.923 bits per heavy atom. The van der Waals surface area contributed by atoms with Crippen LogP contribution >= 0.6 is 0 Å². The molecular weight excluding hydrogens is 322 g/mol. The first-order chi connectivity index (χ1) is 12.7. The summed E-state index contributed by atoms with van der Waals surface area (Å²) < 4.78 is 5.95. The second-order valence-corrected chi connectivity index (χ2v) is 6.42. The van der Waals surface area contributed by atoms with E-state index in [1.807, 2.05) is 78.9 Å². The maximum Gasteiger partial charge on any atom is 0.227 e. The molecule has 0 amide bonds. The fourth-order valence-corrected chi connectivity index (χ4v) is 3.30. The van der Waals surface area contributed by atoms with E-state index in [2.05, 4.69) is 4.98 Å². The summed E-state index contributed by atoms with van der Waals surface area (Å²) in [5.74, 6) is 0.572. The predicted molar refractivity (Wildman–Crippen MR) is 103 cm³/mol. The van der Waals surface area contributed by atoms with Crippen LogP contribution in [0.5, 0.6) is 0 Å². The Labute approximate surface area is 152 Å². The Bertz CT molecular complexity index is 1020. The van der Waals surface area contributed by atoms with Gasteiger partial charge in [-0.15, -0.1) is 0 Å². The van der Waals surface area contributed by atoms with Gasteiger partial charge in [-0.2, -0.15) is 0 Å². The number of para-hydroxylation sites is 2. The molecule has 0 radical (unpaired) electrons. The van der Waals surface area contributed by atoms with Gasteiger partial charge < -0.3 is 4.42 Å². The summed E-state index contributed by atoms with van der Waals surface area (Å²) in [6.07, 6.45) is 0.619. The summed E-state index contributed by atoms with van der Waals surface area (Å²) in [4.78, 5) is 16.9. The highest BCUT2D eigenvalue weighted by molar-refractivity contribution is 5.84. The molecule has 0 saturated carbocycles. The van der Waals surface area contributed by atoms with Crippen LogP contribution in [0, 0.1) is 0 Å². The lowest BCUT2D eigenvalue weighted by molar-refractivity contribution is -0.118. The molecule has 3 nitrogen and oxygen atoms in total. The molecule has 0 spiro atoms. The molecule has 1 unspecified atom stereocenters. The second-order valence-electron chi connectivity index (χ2n) is 6.42. The van der Waals surface area contributed by atoms with Gasteiger partial charge in [0.1, 0.15) is 11.3 Å². The van der Waals surface area contributed by atoms with Crippen molar-refractivity contribution in [3.63, 3.8) is 0 Å². The van der Waals surface area contributed by atoms with E-state index in [0.717, 1.165) is 27.8 Å². The largest absolute Gasteiger partial charge is 0.436 e. The van der Waals surface area contributed by atoms with Gasteiger partial charge in [-0.25, -0.2) is 4.98 Å². The van der Waals surface area contributed by atoms with Crippen molar-refractivity contribution in [1.29, 1.82) is 0 Å². The first-order valence-electron chi connectivity index (χ1n) is 8.71. The molecule has 1 atom stereocenters. The number of rotatable bonds is 5. The lowest BCUT2D eigenvalue weighted by atomic mass is 9.87. The van der Waals surface area contributed by atoms with Gasteiger partial charge in [0.25, 0.3) is 0 Å². The van der Waals surface area contributed by atoms with E-state index < -0.39 is 0 Å². The average molecular weight is 341 g/mol. The maximum absolute atomic E-state index is 12.3. The van der Waals surface area contributed by atoms with Crippen LogP contribution < -0.4 is 0 Å². The molecule has 0 saturated heterocycles. The molecule has 0 bridgehead atoms. The smallest absolute Gasteiger partial charge is 0.227 e. The Balaban J connectivity index is 1.74. The summed E-state index contributed by atoms with van der Waals surface area (Å²) >= 11 is 0. The van der Waals surface area contributed by atoms with Crippen LogP contribution in [0.3, 0.4) is 0 Å². The van der Waals surface area contributed by atoms with E-state index >= 15 is 0 Å². The minimum absolute atomic E-state index is 0.156. The summed E-state index contributed by atoms with van der Waals surface area (Å²) in [6, 6.07) is 25.7. The number of aromatic nitrogens is 1. The fraction of sp³-hybridized carbons (Fsp3) is 0.130. The monoisotopic (exact) mass is 341 g/mol. The number of oxazole rings is 1. The van der Waals surface area contributed by atoms with Crippen LogP contribution in [0.4, 0.5) is 0 Å². The molecule has 0 fully saturated rings. The third kappa shape index (κ3) is 3.16. The highest BCUT2D eigenvalue weighted by Gasteiger charge is 2.20. The number of fused-ring (bicyclic) bond motifs is 1. The Morgan fingerprint density at radius 3 is 2.38 bits per heavy atom. The molecule has 0 aliphatic carbocycles. The van der Waals surface area contributed by atoms with Crippen LogP contribution in [-0.2, 0) is 11.2 Å². The van der Waals surface area contributed by atoms with Crippen LogP contribution in [0.1, 0.15) is 24.0 Å². The van der Waals surface area contributed by atoms with Crippen LogP contribution in [-0.4, -0.2) is 10.8 Å². The van der Waals surface area contributed by atoms with Crippen LogP contribution in [0.25, 0.3) is 22.6 Å². The Hall–Kier alpha value is -3.20. The van der Waals surface area contributed by atoms with E-state index in [9.17, 15) is 4.79 Å². The lowest BCUT2D eigenvalue weighted by Crippen LogP contribution is -2.12. The molecule has 3 heteroatoms. The second kappa shape index (κ2) is 6.96. The number of hydrogen-bond donors (Lipinski definition) is 0. The summed E-state index contributed by atoms with van der Waals surface area (Å²) in [5, 5.41) is 0. The molecule has 0 aliphatic rings. The van der Waals surface area contributed by atoms with Crippen molar-refractivity contribution in [1.82, 2.24) is 4.98 Å². The number of carbonyl (C=O) groups excluding carboxylic acids is 1. The third-order valence-corrected chi connectivity index (χ3v) is 4.66. The molecule has 0 aliphatic heterocycles. The zero-order chi connectivity index (χ0) is 17.9. The van der Waals surface area contributed by atoms with E-state index in [1.165, 1.54) is 0 Å². The van der Waals surface area contributed by atoms with Crippen LogP contribution in [0.15, 0.2) is 83.3 Å². The van der Waals surface area contributed by atoms with Crippen molar-refractivity contribution < 1.29 is 9.21 Å². The molecule has 0 N–H and O–H groups in total. The van der Waals surface area contributed by atoms with Gasteiger partial charge in [-0.3, -0.25) is 4.79 Å². The first-order valence-corrected chi connectivity index (χ1v) is 8.71. The number of nitrogens with zero attached hydrogens (tertiary/aromatic N) is 1. The Morgan fingerprint density at radius 2 is 1.62 bits per heavy atom. The van der Waals surface area contributed by atoms with Gasteiger partial charge in [-0.1, -0.05) is 60.7 Å². The third-order valence-electron chi connectivity index (χ3n) is 4.66. The minimum Gasteiger partial charge on any atom is -0.436 e. The number of ketones is 1. The fourth-order valence-electron chi connectivity index (χ4n) is 3.30. The zero-order valence-electron chi connectivity index (χ0n) is 14.6. The maximum atomic E-state index is 12.3. The number of carbonyl (C=O) groups is 1. The molecule has 26 heavy (non-hydrogen) atoms. The zero-order valence-corrected chi connectivity index (χ0v) is 14.6. The molecule has 3 aromatic carbocycles. The van der Waals surface area contributed by atoms with Gasteiger partial charge in [0.05, 0.1) is 0 Å². The molecule has 128 valence electrons. The van der Waals surface area contributed by atoms with Gasteiger partial charge in [0.15, 0.2) is 5.58 Å². The van der Waals surface area contributed by atoms with Crippen molar-refractivity contribution >= 4 is 16.9 Å². The highest BCUT2D eigenvalue weighted by atomic mass is 16.3. The number of benzene rings is 3. The van der Waals surface area contributed by atoms with Gasteiger partial charge in [0.2, 0.25) is 5.89 Å². The lowest BCUT2D eigenvalue weighted by Gasteiger charge is -2.16. The van der Waals surface area contributed by atoms with E-state index in [1.54, 1.807) is 6.92 Å². The molecule has 1 heterocycles. The van der Waals surface area contributed by atoms with Crippen molar-refractivity contribution in [3.8, 4) is 11.5 Å². The average Bonchev–Trinajstić information content (AvgIpc) is 3.11. The predicted octanol–water partition coefficient (Wildman–Crippen LogP) is 5.41. The molecular formula is C23H19NO2. The molecule has 4 aromatic rings. The van der Waals surface area contributed by atoms with Gasteiger partial charge in [-0.05, 0) is 42.7 Å². The summed E-state index contributed by atoms with van der Waals surface area (Å²) in [6.45, 7) is 1.65. The molecule has 1 aromatic heterocycles. The van der Waals surface area contributed by atoms with Crippen molar-refractivity contribution in [3.05, 3.63) is 90.0 Å². The standard InChI is InChI=1S/C23H19NO2/c1-16(25)20(17-9-3-2-4-10-17)15-18-11-5-6-12-19(18)23-24-21-13-7-8-14-22(21)26-23/h2-14,20H,15H2,1H3.